The van der Waals surface area contributed by atoms with Crippen LogP contribution in [0.5, 0.6) is 0 Å². The lowest BCUT2D eigenvalue weighted by Gasteiger charge is -2.37. The van der Waals surface area contributed by atoms with Crippen molar-refractivity contribution in [2.75, 3.05) is 25.0 Å². The average molecular weight is 294 g/mol. The molecule has 2 N–H and O–H groups in total. The summed E-state index contributed by atoms with van der Waals surface area (Å²) in [5, 5.41) is 12.2. The molecule has 21 heavy (non-hydrogen) atoms. The zero-order chi connectivity index (χ0) is 15.2. The Morgan fingerprint density at radius 3 is 2.81 bits per heavy atom. The summed E-state index contributed by atoms with van der Waals surface area (Å²) in [6, 6.07) is 4.73. The zero-order valence-corrected chi connectivity index (χ0v) is 12.4. The number of carbonyl (C=O) groups excluding carboxylic acids is 1. The van der Waals surface area contributed by atoms with Gasteiger partial charge in [0.1, 0.15) is 5.82 Å². The maximum Gasteiger partial charge on any atom is 0.256 e. The van der Waals surface area contributed by atoms with E-state index in [1.807, 2.05) is 6.92 Å². The summed E-state index contributed by atoms with van der Waals surface area (Å²) >= 11 is 0. The fourth-order valence-electron chi connectivity index (χ4n) is 2.54. The van der Waals surface area contributed by atoms with Gasteiger partial charge in [0.2, 0.25) is 0 Å². The van der Waals surface area contributed by atoms with Crippen LogP contribution in [0.3, 0.4) is 0 Å². The topological polar surface area (TPSA) is 52.6 Å². The summed E-state index contributed by atoms with van der Waals surface area (Å²) < 4.78 is 14.0. The molecule has 5 heteroatoms. The van der Waals surface area contributed by atoms with Gasteiger partial charge >= 0.3 is 0 Å². The zero-order valence-electron chi connectivity index (χ0n) is 12.4. The summed E-state index contributed by atoms with van der Waals surface area (Å²) in [4.78, 5) is 14.4. The number of anilines is 1. The van der Waals surface area contributed by atoms with Gasteiger partial charge in [-0.15, -0.1) is 0 Å². The molecular weight excluding hydrogens is 271 g/mol. The number of para-hydroxylation sites is 1. The highest BCUT2D eigenvalue weighted by atomic mass is 19.1. The van der Waals surface area contributed by atoms with Crippen molar-refractivity contribution in [3.05, 3.63) is 29.6 Å². The minimum Gasteiger partial charge on any atom is -0.395 e. The van der Waals surface area contributed by atoms with E-state index in [1.54, 1.807) is 17.0 Å². The molecule has 4 nitrogen and oxygen atoms in total. The molecule has 0 atom stereocenters. The van der Waals surface area contributed by atoms with Crippen LogP contribution < -0.4 is 5.32 Å². The number of carbonyl (C=O) groups is 1. The van der Waals surface area contributed by atoms with Gasteiger partial charge in [0.25, 0.3) is 5.91 Å². The first-order chi connectivity index (χ1) is 10.2. The number of nitrogens with zero attached hydrogens (tertiary/aromatic N) is 1. The minimum atomic E-state index is -0.410. The van der Waals surface area contributed by atoms with Crippen LogP contribution in [0, 0.1) is 5.82 Å². The van der Waals surface area contributed by atoms with Gasteiger partial charge in [0.15, 0.2) is 0 Å². The molecule has 0 bridgehead atoms. The molecule has 0 saturated heterocycles. The second-order valence-electron chi connectivity index (χ2n) is 5.40. The standard InChI is InChI=1S/C16H23FN2O2/c1-2-9-18-15-13(7-4-8-14(15)17)16(21)19(10-11-20)12-5-3-6-12/h4,7-8,12,18,20H,2-3,5-6,9-11H2,1H3. The number of halogens is 1. The molecule has 1 aliphatic carbocycles. The Labute approximate surface area is 125 Å². The van der Waals surface area contributed by atoms with E-state index in [1.165, 1.54) is 6.07 Å². The Bertz CT molecular complexity index is 489. The molecule has 0 heterocycles. The molecule has 2 rings (SSSR count). The maximum absolute atomic E-state index is 14.0. The van der Waals surface area contributed by atoms with Gasteiger partial charge in [-0.2, -0.15) is 0 Å². The molecular formula is C16H23FN2O2. The molecule has 1 aromatic carbocycles. The van der Waals surface area contributed by atoms with Crippen LogP contribution in [0.2, 0.25) is 0 Å². The quantitative estimate of drug-likeness (QED) is 0.813. The van der Waals surface area contributed by atoms with E-state index in [4.69, 9.17) is 0 Å². The molecule has 0 aromatic heterocycles. The third-order valence-corrected chi connectivity index (χ3v) is 3.91. The number of benzene rings is 1. The van der Waals surface area contributed by atoms with E-state index in [0.717, 1.165) is 25.7 Å². The SMILES string of the molecule is CCCNc1c(F)cccc1C(=O)N(CCO)C1CCC1. The largest absolute Gasteiger partial charge is 0.395 e. The lowest BCUT2D eigenvalue weighted by molar-refractivity contribution is 0.0526. The molecule has 1 aliphatic rings. The number of rotatable bonds is 7. The first kappa shape index (κ1) is 15.8. The highest BCUT2D eigenvalue weighted by Crippen LogP contribution is 2.28. The van der Waals surface area contributed by atoms with E-state index in [0.29, 0.717) is 18.7 Å². The van der Waals surface area contributed by atoms with Gasteiger partial charge in [-0.1, -0.05) is 13.0 Å². The average Bonchev–Trinajstić information content (AvgIpc) is 2.42. The fraction of sp³-hybridized carbons (Fsp3) is 0.562. The molecule has 116 valence electrons. The highest BCUT2D eigenvalue weighted by molar-refractivity contribution is 6.00. The Balaban J connectivity index is 2.25. The van der Waals surface area contributed by atoms with Crippen LogP contribution in [-0.2, 0) is 0 Å². The predicted molar refractivity (Wildman–Crippen MR) is 80.9 cm³/mol. The van der Waals surface area contributed by atoms with Crippen molar-refractivity contribution >= 4 is 11.6 Å². The van der Waals surface area contributed by atoms with Crippen LogP contribution in [-0.4, -0.2) is 41.7 Å². The Morgan fingerprint density at radius 2 is 2.24 bits per heavy atom. The van der Waals surface area contributed by atoms with Crippen LogP contribution in [0.25, 0.3) is 0 Å². The molecule has 1 saturated carbocycles. The van der Waals surface area contributed by atoms with Gasteiger partial charge in [-0.3, -0.25) is 4.79 Å². The number of amides is 1. The third kappa shape index (κ3) is 3.53. The van der Waals surface area contributed by atoms with E-state index < -0.39 is 5.82 Å². The summed E-state index contributed by atoms with van der Waals surface area (Å²) in [6.07, 6.45) is 3.87. The first-order valence-corrected chi connectivity index (χ1v) is 7.63. The fourth-order valence-corrected chi connectivity index (χ4v) is 2.54. The molecule has 1 aromatic rings. The van der Waals surface area contributed by atoms with E-state index in [9.17, 15) is 14.3 Å². The normalized spacial score (nSPS) is 14.6. The van der Waals surface area contributed by atoms with Crippen molar-refractivity contribution in [1.82, 2.24) is 4.90 Å². The number of nitrogens with one attached hydrogen (secondary N) is 1. The molecule has 1 fully saturated rings. The Morgan fingerprint density at radius 1 is 1.48 bits per heavy atom. The van der Waals surface area contributed by atoms with Crippen molar-refractivity contribution in [1.29, 1.82) is 0 Å². The summed E-state index contributed by atoms with van der Waals surface area (Å²) in [5.74, 6) is -0.612. The summed E-state index contributed by atoms with van der Waals surface area (Å²) in [7, 11) is 0. The second kappa shape index (κ2) is 7.41. The number of hydrogen-bond donors (Lipinski definition) is 2. The third-order valence-electron chi connectivity index (χ3n) is 3.91. The second-order valence-corrected chi connectivity index (χ2v) is 5.40. The highest BCUT2D eigenvalue weighted by Gasteiger charge is 2.30. The smallest absolute Gasteiger partial charge is 0.256 e. The van der Waals surface area contributed by atoms with E-state index >= 15 is 0 Å². The van der Waals surface area contributed by atoms with Crippen molar-refractivity contribution < 1.29 is 14.3 Å². The van der Waals surface area contributed by atoms with Gasteiger partial charge < -0.3 is 15.3 Å². The monoisotopic (exact) mass is 294 g/mol. The van der Waals surface area contributed by atoms with Crippen LogP contribution in [0.15, 0.2) is 18.2 Å². The number of aliphatic hydroxyl groups is 1. The van der Waals surface area contributed by atoms with Gasteiger partial charge in [-0.25, -0.2) is 4.39 Å². The molecule has 0 radical (unpaired) electrons. The van der Waals surface area contributed by atoms with Gasteiger partial charge in [0.05, 0.1) is 17.9 Å². The lowest BCUT2D eigenvalue weighted by atomic mass is 9.91. The molecule has 1 amide bonds. The number of hydrogen-bond acceptors (Lipinski definition) is 3. The van der Waals surface area contributed by atoms with E-state index in [2.05, 4.69) is 5.32 Å². The van der Waals surface area contributed by atoms with Crippen molar-refractivity contribution in [2.45, 2.75) is 38.6 Å². The molecule has 0 spiro atoms. The van der Waals surface area contributed by atoms with E-state index in [-0.39, 0.29) is 24.2 Å². The van der Waals surface area contributed by atoms with Gasteiger partial charge in [0, 0.05) is 19.1 Å². The lowest BCUT2D eigenvalue weighted by Crippen LogP contribution is -2.45. The van der Waals surface area contributed by atoms with Crippen molar-refractivity contribution in [2.24, 2.45) is 0 Å². The van der Waals surface area contributed by atoms with Crippen molar-refractivity contribution in [3.8, 4) is 0 Å². The first-order valence-electron chi connectivity index (χ1n) is 7.63. The summed E-state index contributed by atoms with van der Waals surface area (Å²) in [6.45, 7) is 2.83. The predicted octanol–water partition coefficient (Wildman–Crippen LogP) is 2.63. The molecule has 0 aliphatic heterocycles. The Kier molecular flexibility index (Phi) is 5.56. The molecule has 0 unspecified atom stereocenters. The van der Waals surface area contributed by atoms with Crippen molar-refractivity contribution in [3.63, 3.8) is 0 Å². The van der Waals surface area contributed by atoms with Crippen LogP contribution in [0.1, 0.15) is 43.0 Å². The van der Waals surface area contributed by atoms with Crippen LogP contribution in [0.4, 0.5) is 10.1 Å². The number of aliphatic hydroxyl groups excluding tert-OH is 1. The Hall–Kier alpha value is -1.62. The maximum atomic E-state index is 14.0. The summed E-state index contributed by atoms with van der Waals surface area (Å²) in [5.41, 5.74) is 0.621. The minimum absolute atomic E-state index is 0.0741. The van der Waals surface area contributed by atoms with Gasteiger partial charge in [-0.05, 0) is 37.8 Å². The van der Waals surface area contributed by atoms with Crippen LogP contribution >= 0.6 is 0 Å².